The molecule has 0 heterocycles. The molecular weight excluding hydrogens is 350 g/mol. The SMILES string of the molecule is COC(=O)c1ccc(Cl)cc1NS(=O)(=O)c1ccc2c(c1)CCC2. The first-order chi connectivity index (χ1) is 11.4. The second-order valence-electron chi connectivity index (χ2n) is 5.57. The lowest BCUT2D eigenvalue weighted by molar-refractivity contribution is 0.0602. The van der Waals surface area contributed by atoms with Crippen LogP contribution in [0.15, 0.2) is 41.3 Å². The predicted octanol–water partition coefficient (Wildman–Crippen LogP) is 3.42. The van der Waals surface area contributed by atoms with E-state index < -0.39 is 16.0 Å². The number of anilines is 1. The van der Waals surface area contributed by atoms with Crippen LogP contribution in [0.5, 0.6) is 0 Å². The molecule has 7 heteroatoms. The van der Waals surface area contributed by atoms with Crippen LogP contribution in [-0.2, 0) is 27.6 Å². The number of sulfonamides is 1. The molecule has 0 aromatic heterocycles. The van der Waals surface area contributed by atoms with Crippen molar-refractivity contribution in [2.24, 2.45) is 0 Å². The van der Waals surface area contributed by atoms with E-state index in [-0.39, 0.29) is 16.1 Å². The quantitative estimate of drug-likeness (QED) is 0.842. The van der Waals surface area contributed by atoms with Crippen molar-refractivity contribution in [3.05, 3.63) is 58.1 Å². The molecule has 0 bridgehead atoms. The van der Waals surface area contributed by atoms with E-state index in [1.54, 1.807) is 12.1 Å². The average molecular weight is 366 g/mol. The molecular formula is C17H16ClNO4S. The summed E-state index contributed by atoms with van der Waals surface area (Å²) in [6, 6.07) is 9.42. The molecule has 1 aliphatic carbocycles. The highest BCUT2D eigenvalue weighted by Gasteiger charge is 2.21. The molecule has 0 atom stereocenters. The molecule has 1 aliphatic rings. The molecule has 2 aromatic rings. The van der Waals surface area contributed by atoms with Crippen molar-refractivity contribution in [1.29, 1.82) is 0 Å². The van der Waals surface area contributed by atoms with Crippen LogP contribution in [0, 0.1) is 0 Å². The van der Waals surface area contributed by atoms with Gasteiger partial charge in [0.05, 0.1) is 23.3 Å². The Labute approximate surface area is 145 Å². The number of nitrogens with one attached hydrogen (secondary N) is 1. The molecule has 0 saturated carbocycles. The highest BCUT2D eigenvalue weighted by molar-refractivity contribution is 7.92. The summed E-state index contributed by atoms with van der Waals surface area (Å²) in [6.07, 6.45) is 2.89. The van der Waals surface area contributed by atoms with Crippen molar-refractivity contribution in [2.45, 2.75) is 24.2 Å². The zero-order valence-electron chi connectivity index (χ0n) is 13.0. The molecule has 1 N–H and O–H groups in total. The van der Waals surface area contributed by atoms with Gasteiger partial charge in [-0.25, -0.2) is 13.2 Å². The average Bonchev–Trinajstić information content (AvgIpc) is 3.01. The topological polar surface area (TPSA) is 72.5 Å². The fourth-order valence-corrected chi connectivity index (χ4v) is 4.10. The first-order valence-electron chi connectivity index (χ1n) is 7.43. The van der Waals surface area contributed by atoms with Crippen LogP contribution in [0.4, 0.5) is 5.69 Å². The Hall–Kier alpha value is -2.05. The third kappa shape index (κ3) is 3.25. The molecule has 0 fully saturated rings. The fraction of sp³-hybridized carbons (Fsp3) is 0.235. The Morgan fingerprint density at radius 3 is 2.62 bits per heavy atom. The fourth-order valence-electron chi connectivity index (χ4n) is 2.81. The number of ether oxygens (including phenoxy) is 1. The number of fused-ring (bicyclic) bond motifs is 1. The predicted molar refractivity (Wildman–Crippen MR) is 92.1 cm³/mol. The van der Waals surface area contributed by atoms with Gasteiger partial charge in [-0.2, -0.15) is 0 Å². The van der Waals surface area contributed by atoms with Crippen LogP contribution < -0.4 is 4.72 Å². The van der Waals surface area contributed by atoms with E-state index in [2.05, 4.69) is 9.46 Å². The molecule has 0 unspecified atom stereocenters. The summed E-state index contributed by atoms with van der Waals surface area (Å²) < 4.78 is 32.5. The maximum atomic E-state index is 12.7. The smallest absolute Gasteiger partial charge is 0.339 e. The highest BCUT2D eigenvalue weighted by Crippen LogP contribution is 2.28. The first kappa shape index (κ1) is 16.8. The van der Waals surface area contributed by atoms with E-state index in [9.17, 15) is 13.2 Å². The molecule has 0 radical (unpaired) electrons. The Kier molecular flexibility index (Phi) is 4.51. The number of halogens is 1. The summed E-state index contributed by atoms with van der Waals surface area (Å²) >= 11 is 5.93. The van der Waals surface area contributed by atoms with E-state index in [1.165, 1.54) is 30.9 Å². The van der Waals surface area contributed by atoms with Gasteiger partial charge in [-0.1, -0.05) is 17.7 Å². The highest BCUT2D eigenvalue weighted by atomic mass is 35.5. The number of rotatable bonds is 4. The number of benzene rings is 2. The van der Waals surface area contributed by atoms with Crippen LogP contribution in [0.2, 0.25) is 5.02 Å². The van der Waals surface area contributed by atoms with Crippen molar-refractivity contribution in [2.75, 3.05) is 11.8 Å². The molecule has 0 saturated heterocycles. The van der Waals surface area contributed by atoms with Gasteiger partial charge in [-0.05, 0) is 60.7 Å². The Bertz CT molecular complexity index is 909. The van der Waals surface area contributed by atoms with E-state index in [0.29, 0.717) is 5.02 Å². The molecule has 24 heavy (non-hydrogen) atoms. The third-order valence-electron chi connectivity index (χ3n) is 4.01. The summed E-state index contributed by atoms with van der Waals surface area (Å²) in [5.41, 5.74) is 2.44. The second kappa shape index (κ2) is 6.45. The number of hydrogen-bond acceptors (Lipinski definition) is 4. The number of esters is 1. The monoisotopic (exact) mass is 365 g/mol. The lowest BCUT2D eigenvalue weighted by Gasteiger charge is -2.13. The van der Waals surface area contributed by atoms with Gasteiger partial charge in [0.15, 0.2) is 0 Å². The van der Waals surface area contributed by atoms with Crippen molar-refractivity contribution in [1.82, 2.24) is 0 Å². The van der Waals surface area contributed by atoms with Gasteiger partial charge in [-0.3, -0.25) is 4.72 Å². The summed E-state index contributed by atoms with van der Waals surface area (Å²) in [7, 11) is -2.60. The lowest BCUT2D eigenvalue weighted by Crippen LogP contribution is -2.16. The number of hydrogen-bond donors (Lipinski definition) is 1. The summed E-state index contributed by atoms with van der Waals surface area (Å²) in [6.45, 7) is 0. The molecule has 126 valence electrons. The molecule has 2 aromatic carbocycles. The number of carbonyl (C=O) groups is 1. The van der Waals surface area contributed by atoms with E-state index in [4.69, 9.17) is 11.6 Å². The largest absolute Gasteiger partial charge is 0.465 e. The van der Waals surface area contributed by atoms with Crippen LogP contribution in [0.3, 0.4) is 0 Å². The van der Waals surface area contributed by atoms with E-state index in [1.807, 2.05) is 6.07 Å². The second-order valence-corrected chi connectivity index (χ2v) is 7.69. The minimum Gasteiger partial charge on any atom is -0.465 e. The minimum absolute atomic E-state index is 0.0925. The molecule has 0 aliphatic heterocycles. The summed E-state index contributed by atoms with van der Waals surface area (Å²) in [4.78, 5) is 12.0. The van der Waals surface area contributed by atoms with Crippen molar-refractivity contribution in [3.63, 3.8) is 0 Å². The number of methoxy groups -OCH3 is 1. The maximum Gasteiger partial charge on any atom is 0.339 e. The zero-order chi connectivity index (χ0) is 17.3. The zero-order valence-corrected chi connectivity index (χ0v) is 14.6. The van der Waals surface area contributed by atoms with Gasteiger partial charge in [0.2, 0.25) is 0 Å². The summed E-state index contributed by atoms with van der Waals surface area (Å²) in [5.74, 6) is -0.640. The summed E-state index contributed by atoms with van der Waals surface area (Å²) in [5, 5.41) is 0.314. The van der Waals surface area contributed by atoms with Gasteiger partial charge >= 0.3 is 5.97 Å². The van der Waals surface area contributed by atoms with Gasteiger partial charge in [0, 0.05) is 5.02 Å². The maximum absolute atomic E-state index is 12.7. The number of carbonyl (C=O) groups excluding carboxylic acids is 1. The van der Waals surface area contributed by atoms with Gasteiger partial charge in [-0.15, -0.1) is 0 Å². The van der Waals surface area contributed by atoms with Crippen LogP contribution in [0.1, 0.15) is 27.9 Å². The van der Waals surface area contributed by atoms with Gasteiger partial charge < -0.3 is 4.74 Å². The standard InChI is InChI=1S/C17H16ClNO4S/c1-23-17(20)15-8-6-13(18)10-16(15)19-24(21,22)14-7-5-11-3-2-4-12(11)9-14/h5-10,19H,2-4H2,1H3. The van der Waals surface area contributed by atoms with Gasteiger partial charge in [0.25, 0.3) is 10.0 Å². The van der Waals surface area contributed by atoms with Gasteiger partial charge in [0.1, 0.15) is 0 Å². The van der Waals surface area contributed by atoms with Crippen LogP contribution in [-0.4, -0.2) is 21.5 Å². The van der Waals surface area contributed by atoms with Crippen LogP contribution >= 0.6 is 11.6 Å². The normalized spacial score (nSPS) is 13.4. The van der Waals surface area contributed by atoms with E-state index in [0.717, 1.165) is 24.8 Å². The van der Waals surface area contributed by atoms with Crippen molar-refractivity contribution in [3.8, 4) is 0 Å². The Morgan fingerprint density at radius 2 is 1.88 bits per heavy atom. The van der Waals surface area contributed by atoms with Crippen molar-refractivity contribution < 1.29 is 17.9 Å². The number of aryl methyl sites for hydroxylation is 2. The van der Waals surface area contributed by atoms with Crippen molar-refractivity contribution >= 4 is 33.3 Å². The Balaban J connectivity index is 1.98. The lowest BCUT2D eigenvalue weighted by atomic mass is 10.1. The molecule has 0 amide bonds. The Morgan fingerprint density at radius 1 is 1.12 bits per heavy atom. The molecule has 3 rings (SSSR count). The van der Waals surface area contributed by atoms with E-state index >= 15 is 0 Å². The molecule has 5 nitrogen and oxygen atoms in total. The first-order valence-corrected chi connectivity index (χ1v) is 9.29. The minimum atomic E-state index is -3.83. The third-order valence-corrected chi connectivity index (χ3v) is 5.61. The van der Waals surface area contributed by atoms with Crippen LogP contribution in [0.25, 0.3) is 0 Å². The molecule has 0 spiro atoms.